The fourth-order valence-electron chi connectivity index (χ4n) is 3.94. The molecular formula is C18H26N2O3S. The molecule has 2 heterocycles. The summed E-state index contributed by atoms with van der Waals surface area (Å²) in [6.45, 7) is 4.44. The number of fused-ring (bicyclic) bond motifs is 1. The zero-order chi connectivity index (χ0) is 17.2. The predicted molar refractivity (Wildman–Crippen MR) is 94.6 cm³/mol. The van der Waals surface area contributed by atoms with Crippen LogP contribution in [0, 0.1) is 0 Å². The minimum Gasteiger partial charge on any atom is -0.336 e. The van der Waals surface area contributed by atoms with Crippen LogP contribution in [0.1, 0.15) is 25.3 Å². The van der Waals surface area contributed by atoms with Gasteiger partial charge in [0.2, 0.25) is 5.91 Å². The Morgan fingerprint density at radius 1 is 1.12 bits per heavy atom. The first kappa shape index (κ1) is 17.4. The summed E-state index contributed by atoms with van der Waals surface area (Å²) in [6, 6.07) is 9.77. The molecule has 5 nitrogen and oxygen atoms in total. The number of benzene rings is 1. The number of sulfone groups is 1. The highest BCUT2D eigenvalue weighted by molar-refractivity contribution is 7.91. The molecule has 0 spiro atoms. The molecule has 0 saturated carbocycles. The second-order valence-corrected chi connectivity index (χ2v) is 8.97. The fourth-order valence-corrected chi connectivity index (χ4v) is 5.95. The number of hydrogen-bond donors (Lipinski definition) is 0. The molecule has 1 aromatic carbocycles. The lowest BCUT2D eigenvalue weighted by molar-refractivity contribution is -0.136. The Balaban J connectivity index is 1.68. The molecule has 0 N–H and O–H groups in total. The maximum absolute atomic E-state index is 12.7. The van der Waals surface area contributed by atoms with Gasteiger partial charge in [-0.05, 0) is 24.9 Å². The topological polar surface area (TPSA) is 57.7 Å². The molecule has 6 heteroatoms. The van der Waals surface area contributed by atoms with E-state index in [1.807, 2.05) is 35.2 Å². The van der Waals surface area contributed by atoms with Gasteiger partial charge < -0.3 is 4.90 Å². The van der Waals surface area contributed by atoms with Crippen molar-refractivity contribution in [1.29, 1.82) is 0 Å². The molecule has 0 aromatic heterocycles. The van der Waals surface area contributed by atoms with E-state index in [0.717, 1.165) is 25.1 Å². The van der Waals surface area contributed by atoms with Gasteiger partial charge in [-0.2, -0.15) is 0 Å². The van der Waals surface area contributed by atoms with Crippen molar-refractivity contribution in [3.63, 3.8) is 0 Å². The Hall–Kier alpha value is -1.40. The zero-order valence-electron chi connectivity index (χ0n) is 14.2. The Labute approximate surface area is 144 Å². The lowest BCUT2D eigenvalue weighted by Crippen LogP contribution is -2.60. The van der Waals surface area contributed by atoms with Crippen LogP contribution in [0.25, 0.3) is 0 Å². The number of carbonyl (C=O) groups is 1. The zero-order valence-corrected chi connectivity index (χ0v) is 15.0. The van der Waals surface area contributed by atoms with E-state index in [9.17, 15) is 13.2 Å². The summed E-state index contributed by atoms with van der Waals surface area (Å²) in [4.78, 5) is 16.8. The van der Waals surface area contributed by atoms with E-state index < -0.39 is 9.84 Å². The van der Waals surface area contributed by atoms with Crippen LogP contribution in [0.15, 0.2) is 30.3 Å². The van der Waals surface area contributed by atoms with Crippen LogP contribution in [0.2, 0.25) is 0 Å². The summed E-state index contributed by atoms with van der Waals surface area (Å²) < 4.78 is 24.3. The molecule has 2 atom stereocenters. The first-order valence-corrected chi connectivity index (χ1v) is 10.6. The van der Waals surface area contributed by atoms with E-state index in [-0.39, 0.29) is 29.5 Å². The van der Waals surface area contributed by atoms with Gasteiger partial charge in [-0.1, -0.05) is 37.3 Å². The summed E-state index contributed by atoms with van der Waals surface area (Å²) in [7, 11) is -3.05. The number of piperazine rings is 1. The SMILES string of the molecule is CCCN1CCN(C(=O)CCc2ccccc2)[C@@H]2CS(=O)(=O)C[C@@H]21. The van der Waals surface area contributed by atoms with Crippen molar-refractivity contribution in [2.45, 2.75) is 38.3 Å². The highest BCUT2D eigenvalue weighted by Gasteiger charge is 2.47. The van der Waals surface area contributed by atoms with Crippen LogP contribution in [-0.4, -0.2) is 67.3 Å². The van der Waals surface area contributed by atoms with Crippen molar-refractivity contribution >= 4 is 15.7 Å². The number of nitrogens with zero attached hydrogens (tertiary/aromatic N) is 2. The Bertz CT molecular complexity index is 675. The van der Waals surface area contributed by atoms with Crippen LogP contribution in [0.5, 0.6) is 0 Å². The van der Waals surface area contributed by atoms with E-state index >= 15 is 0 Å². The lowest BCUT2D eigenvalue weighted by atomic mass is 10.0. The van der Waals surface area contributed by atoms with Gasteiger partial charge in [0, 0.05) is 25.6 Å². The van der Waals surface area contributed by atoms with E-state index in [1.165, 1.54) is 0 Å². The first-order valence-electron chi connectivity index (χ1n) is 8.78. The summed E-state index contributed by atoms with van der Waals surface area (Å²) in [6.07, 6.45) is 2.16. The molecule has 2 aliphatic heterocycles. The average molecular weight is 350 g/mol. The molecular weight excluding hydrogens is 324 g/mol. The number of rotatable bonds is 5. The van der Waals surface area contributed by atoms with Crippen molar-refractivity contribution < 1.29 is 13.2 Å². The Kier molecular flexibility index (Phi) is 5.25. The van der Waals surface area contributed by atoms with Gasteiger partial charge in [-0.3, -0.25) is 9.69 Å². The second kappa shape index (κ2) is 7.23. The second-order valence-electron chi connectivity index (χ2n) is 6.82. The largest absolute Gasteiger partial charge is 0.336 e. The number of hydrogen-bond acceptors (Lipinski definition) is 4. The average Bonchev–Trinajstić information content (AvgIpc) is 2.89. The molecule has 0 bridgehead atoms. The van der Waals surface area contributed by atoms with Crippen LogP contribution in [0.3, 0.4) is 0 Å². The van der Waals surface area contributed by atoms with E-state index in [1.54, 1.807) is 0 Å². The van der Waals surface area contributed by atoms with Gasteiger partial charge in [-0.25, -0.2) is 8.42 Å². The van der Waals surface area contributed by atoms with Crippen LogP contribution >= 0.6 is 0 Å². The maximum atomic E-state index is 12.7. The smallest absolute Gasteiger partial charge is 0.223 e. The van der Waals surface area contributed by atoms with Gasteiger partial charge >= 0.3 is 0 Å². The molecule has 3 rings (SSSR count). The van der Waals surface area contributed by atoms with E-state index in [4.69, 9.17) is 0 Å². The van der Waals surface area contributed by atoms with Crippen molar-refractivity contribution in [2.75, 3.05) is 31.1 Å². The highest BCUT2D eigenvalue weighted by atomic mass is 32.2. The van der Waals surface area contributed by atoms with Crippen molar-refractivity contribution in [1.82, 2.24) is 9.80 Å². The number of aryl methyl sites for hydroxylation is 1. The van der Waals surface area contributed by atoms with E-state index in [0.29, 0.717) is 19.4 Å². The monoisotopic (exact) mass is 350 g/mol. The molecule has 2 saturated heterocycles. The van der Waals surface area contributed by atoms with Crippen LogP contribution < -0.4 is 0 Å². The maximum Gasteiger partial charge on any atom is 0.223 e. The third-order valence-electron chi connectivity index (χ3n) is 5.09. The minimum absolute atomic E-state index is 0.0237. The molecule has 2 fully saturated rings. The third-order valence-corrected chi connectivity index (χ3v) is 6.79. The quantitative estimate of drug-likeness (QED) is 0.804. The molecule has 0 aliphatic carbocycles. The van der Waals surface area contributed by atoms with Crippen LogP contribution in [-0.2, 0) is 21.1 Å². The predicted octanol–water partition coefficient (Wildman–Crippen LogP) is 1.34. The Morgan fingerprint density at radius 3 is 2.54 bits per heavy atom. The molecule has 0 radical (unpaired) electrons. The summed E-state index contributed by atoms with van der Waals surface area (Å²) in [5.74, 6) is 0.400. The first-order chi connectivity index (χ1) is 11.5. The fraction of sp³-hybridized carbons (Fsp3) is 0.611. The van der Waals surface area contributed by atoms with Gasteiger partial charge in [0.1, 0.15) is 0 Å². The molecule has 0 unspecified atom stereocenters. The molecule has 132 valence electrons. The molecule has 2 aliphatic rings. The molecule has 1 amide bonds. The normalized spacial score (nSPS) is 26.3. The summed E-state index contributed by atoms with van der Waals surface area (Å²) in [5.41, 5.74) is 1.14. The third kappa shape index (κ3) is 3.81. The van der Waals surface area contributed by atoms with Crippen molar-refractivity contribution in [3.8, 4) is 0 Å². The lowest BCUT2D eigenvalue weighted by Gasteiger charge is -2.44. The minimum atomic E-state index is -3.05. The standard InChI is InChI=1S/C18H26N2O3S/c1-2-10-19-11-12-20(17-14-24(22,23)13-16(17)19)18(21)9-8-15-6-4-3-5-7-15/h3-7,16-17H,2,8-14H2,1H3/t16-,17+/m0/s1. The highest BCUT2D eigenvalue weighted by Crippen LogP contribution is 2.27. The van der Waals surface area contributed by atoms with Crippen molar-refractivity contribution in [3.05, 3.63) is 35.9 Å². The van der Waals surface area contributed by atoms with Crippen molar-refractivity contribution in [2.24, 2.45) is 0 Å². The molecule has 1 aromatic rings. The van der Waals surface area contributed by atoms with Crippen LogP contribution in [0.4, 0.5) is 0 Å². The Morgan fingerprint density at radius 2 is 1.83 bits per heavy atom. The van der Waals surface area contributed by atoms with Gasteiger partial charge in [0.25, 0.3) is 0 Å². The van der Waals surface area contributed by atoms with Gasteiger partial charge in [0.15, 0.2) is 9.84 Å². The number of amides is 1. The number of carbonyl (C=O) groups excluding carboxylic acids is 1. The van der Waals surface area contributed by atoms with Gasteiger partial charge in [0.05, 0.1) is 17.5 Å². The summed E-state index contributed by atoms with van der Waals surface area (Å²) >= 11 is 0. The summed E-state index contributed by atoms with van der Waals surface area (Å²) in [5, 5.41) is 0. The van der Waals surface area contributed by atoms with Gasteiger partial charge in [-0.15, -0.1) is 0 Å². The van der Waals surface area contributed by atoms with E-state index in [2.05, 4.69) is 11.8 Å². The molecule has 24 heavy (non-hydrogen) atoms.